The molecule has 0 bridgehead atoms. The summed E-state index contributed by atoms with van der Waals surface area (Å²) in [6.45, 7) is 5.87. The molecule has 3 rings (SSSR count). The molecule has 1 saturated carbocycles. The molecule has 1 aliphatic carbocycles. The molecule has 2 aromatic carbocycles. The fourth-order valence-electron chi connectivity index (χ4n) is 4.49. The Bertz CT molecular complexity index is 1240. The maximum atomic E-state index is 13.1. The summed E-state index contributed by atoms with van der Waals surface area (Å²) < 4.78 is 44.1. The number of rotatable bonds is 8. The second-order valence-electron chi connectivity index (χ2n) is 11.1. The van der Waals surface area contributed by atoms with Crippen molar-refractivity contribution in [3.05, 3.63) is 58.1 Å². The highest BCUT2D eigenvalue weighted by Gasteiger charge is 2.41. The van der Waals surface area contributed by atoms with Crippen LogP contribution in [0.15, 0.2) is 36.4 Å². The molecule has 3 N–H and O–H groups in total. The van der Waals surface area contributed by atoms with E-state index in [1.165, 1.54) is 13.2 Å². The molecule has 7 nitrogen and oxygen atoms in total. The molecule has 0 unspecified atom stereocenters. The number of carbonyl (C=O) groups excluding carboxylic acids is 3. The van der Waals surface area contributed by atoms with E-state index in [0.29, 0.717) is 24.1 Å². The van der Waals surface area contributed by atoms with Crippen molar-refractivity contribution in [2.24, 2.45) is 17.3 Å². The third-order valence-corrected chi connectivity index (χ3v) is 7.30. The molecule has 0 aromatic heterocycles. The predicted octanol–water partition coefficient (Wildman–Crippen LogP) is 6.36. The zero-order valence-corrected chi connectivity index (χ0v) is 23.8. The average molecular weight is 582 g/mol. The SMILES string of the molecule is COc1ccc(NC(=O)c2cc(CNC(=O)C(C)(C)C)ccc2Cl)cc1C(=O)NCC1CCC(C(F)(F)F)CC1. The van der Waals surface area contributed by atoms with Crippen LogP contribution >= 0.6 is 11.6 Å². The fraction of sp³-hybridized carbons (Fsp3) is 0.483. The standard InChI is InChI=1S/C29H35ClF3N3O4/c1-28(2,3)27(39)35-16-18-7-11-23(30)21(13-18)26(38)36-20-10-12-24(40-4)22(14-20)25(37)34-15-17-5-8-19(9-6-17)29(31,32)33/h7,10-14,17,19H,5-6,8-9,15-16H2,1-4H3,(H,34,37)(H,35,39)(H,36,38). The Morgan fingerprint density at radius 1 is 0.925 bits per heavy atom. The summed E-state index contributed by atoms with van der Waals surface area (Å²) in [5.41, 5.74) is 0.822. The summed E-state index contributed by atoms with van der Waals surface area (Å²) in [5, 5.41) is 8.57. The van der Waals surface area contributed by atoms with Gasteiger partial charge < -0.3 is 20.7 Å². The van der Waals surface area contributed by atoms with Gasteiger partial charge in [-0.15, -0.1) is 0 Å². The lowest BCUT2D eigenvalue weighted by Crippen LogP contribution is -2.34. The van der Waals surface area contributed by atoms with Gasteiger partial charge in [0.25, 0.3) is 11.8 Å². The van der Waals surface area contributed by atoms with Gasteiger partial charge in [-0.2, -0.15) is 13.2 Å². The van der Waals surface area contributed by atoms with Gasteiger partial charge >= 0.3 is 6.18 Å². The van der Waals surface area contributed by atoms with E-state index in [2.05, 4.69) is 16.0 Å². The predicted molar refractivity (Wildman–Crippen MR) is 148 cm³/mol. The van der Waals surface area contributed by atoms with Crippen LogP contribution in [0.1, 0.15) is 72.7 Å². The first-order chi connectivity index (χ1) is 18.7. The summed E-state index contributed by atoms with van der Waals surface area (Å²) in [5.74, 6) is -2.14. The molecule has 218 valence electrons. The van der Waals surface area contributed by atoms with Gasteiger partial charge in [0.15, 0.2) is 0 Å². The van der Waals surface area contributed by atoms with E-state index in [9.17, 15) is 27.6 Å². The molecule has 1 fully saturated rings. The van der Waals surface area contributed by atoms with E-state index in [-0.39, 0.29) is 59.7 Å². The number of hydrogen-bond donors (Lipinski definition) is 3. The van der Waals surface area contributed by atoms with Crippen LogP contribution in [0.4, 0.5) is 18.9 Å². The summed E-state index contributed by atoms with van der Waals surface area (Å²) in [6.07, 6.45) is -3.29. The van der Waals surface area contributed by atoms with Crippen molar-refractivity contribution in [2.45, 2.75) is 59.2 Å². The Kier molecular flexibility index (Phi) is 10.1. The molecule has 0 spiro atoms. The number of carbonyl (C=O) groups is 3. The van der Waals surface area contributed by atoms with Gasteiger partial charge in [-0.1, -0.05) is 38.4 Å². The van der Waals surface area contributed by atoms with Crippen LogP contribution in [0.3, 0.4) is 0 Å². The highest BCUT2D eigenvalue weighted by molar-refractivity contribution is 6.34. The maximum Gasteiger partial charge on any atom is 0.391 e. The van der Waals surface area contributed by atoms with Gasteiger partial charge in [-0.3, -0.25) is 14.4 Å². The minimum Gasteiger partial charge on any atom is -0.496 e. The number of benzene rings is 2. The Balaban J connectivity index is 1.65. The van der Waals surface area contributed by atoms with Crippen molar-refractivity contribution >= 4 is 35.0 Å². The van der Waals surface area contributed by atoms with Crippen LogP contribution in [-0.4, -0.2) is 37.6 Å². The van der Waals surface area contributed by atoms with E-state index in [0.717, 1.165) is 0 Å². The molecule has 0 aliphatic heterocycles. The van der Waals surface area contributed by atoms with Crippen molar-refractivity contribution in [1.29, 1.82) is 0 Å². The van der Waals surface area contributed by atoms with Gasteiger partial charge in [-0.25, -0.2) is 0 Å². The lowest BCUT2D eigenvalue weighted by molar-refractivity contribution is -0.183. The topological polar surface area (TPSA) is 96.5 Å². The van der Waals surface area contributed by atoms with E-state index in [1.54, 1.807) is 51.1 Å². The van der Waals surface area contributed by atoms with Gasteiger partial charge in [0.2, 0.25) is 5.91 Å². The van der Waals surface area contributed by atoms with E-state index < -0.39 is 29.3 Å². The number of ether oxygens (including phenoxy) is 1. The van der Waals surface area contributed by atoms with Gasteiger partial charge in [0.05, 0.1) is 29.2 Å². The highest BCUT2D eigenvalue weighted by Crippen LogP contribution is 2.39. The van der Waals surface area contributed by atoms with Crippen molar-refractivity contribution in [3.8, 4) is 5.75 Å². The molecule has 40 heavy (non-hydrogen) atoms. The highest BCUT2D eigenvalue weighted by atomic mass is 35.5. The Hall–Kier alpha value is -3.27. The number of methoxy groups -OCH3 is 1. The van der Waals surface area contributed by atoms with Crippen LogP contribution in [0, 0.1) is 17.3 Å². The molecule has 0 atom stereocenters. The number of nitrogens with one attached hydrogen (secondary N) is 3. The third-order valence-electron chi connectivity index (χ3n) is 6.97. The average Bonchev–Trinajstić information content (AvgIpc) is 2.90. The Labute approximate surface area is 237 Å². The smallest absolute Gasteiger partial charge is 0.391 e. The van der Waals surface area contributed by atoms with Gasteiger partial charge in [0.1, 0.15) is 5.75 Å². The van der Waals surface area contributed by atoms with Crippen molar-refractivity contribution in [2.75, 3.05) is 19.0 Å². The number of halogens is 4. The van der Waals surface area contributed by atoms with Crippen LogP contribution < -0.4 is 20.7 Å². The maximum absolute atomic E-state index is 13.1. The first-order valence-corrected chi connectivity index (χ1v) is 13.5. The van der Waals surface area contributed by atoms with E-state index in [1.807, 2.05) is 0 Å². The Morgan fingerprint density at radius 2 is 1.60 bits per heavy atom. The molecular formula is C29H35ClF3N3O4. The molecule has 3 amide bonds. The first kappa shape index (κ1) is 31.3. The number of hydrogen-bond acceptors (Lipinski definition) is 4. The largest absolute Gasteiger partial charge is 0.496 e. The minimum absolute atomic E-state index is 0.0426. The molecule has 0 heterocycles. The third kappa shape index (κ3) is 8.36. The number of alkyl halides is 3. The van der Waals surface area contributed by atoms with Crippen molar-refractivity contribution in [3.63, 3.8) is 0 Å². The summed E-state index contributed by atoms with van der Waals surface area (Å²) in [4.78, 5) is 38.2. The quantitative estimate of drug-likeness (QED) is 0.338. The van der Waals surface area contributed by atoms with Crippen LogP contribution in [0.2, 0.25) is 5.02 Å². The lowest BCUT2D eigenvalue weighted by atomic mass is 9.81. The second-order valence-corrected chi connectivity index (χ2v) is 11.5. The van der Waals surface area contributed by atoms with Crippen molar-refractivity contribution in [1.82, 2.24) is 10.6 Å². The zero-order chi connectivity index (χ0) is 29.7. The molecular weight excluding hydrogens is 547 g/mol. The number of anilines is 1. The Morgan fingerprint density at radius 3 is 2.20 bits per heavy atom. The molecule has 0 radical (unpaired) electrons. The van der Waals surface area contributed by atoms with Crippen molar-refractivity contribution < 1.29 is 32.3 Å². The summed E-state index contributed by atoms with van der Waals surface area (Å²) >= 11 is 6.28. The monoisotopic (exact) mass is 581 g/mol. The summed E-state index contributed by atoms with van der Waals surface area (Å²) in [7, 11) is 1.41. The normalized spacial score (nSPS) is 17.6. The van der Waals surface area contributed by atoms with Crippen LogP contribution in [0.5, 0.6) is 5.75 Å². The lowest BCUT2D eigenvalue weighted by Gasteiger charge is -2.29. The van der Waals surface area contributed by atoms with Crippen LogP contribution in [-0.2, 0) is 11.3 Å². The van der Waals surface area contributed by atoms with Gasteiger partial charge in [-0.05, 0) is 67.5 Å². The van der Waals surface area contributed by atoms with E-state index >= 15 is 0 Å². The molecule has 2 aromatic rings. The molecule has 0 saturated heterocycles. The molecule has 1 aliphatic rings. The first-order valence-electron chi connectivity index (χ1n) is 13.1. The van der Waals surface area contributed by atoms with E-state index in [4.69, 9.17) is 16.3 Å². The zero-order valence-electron chi connectivity index (χ0n) is 23.0. The van der Waals surface area contributed by atoms with Gasteiger partial charge in [0, 0.05) is 24.2 Å². The molecule has 11 heteroatoms. The second kappa shape index (κ2) is 12.9. The van der Waals surface area contributed by atoms with Crippen LogP contribution in [0.25, 0.3) is 0 Å². The fourth-order valence-corrected chi connectivity index (χ4v) is 4.70. The number of amides is 3. The summed E-state index contributed by atoms with van der Waals surface area (Å²) in [6, 6.07) is 9.46. The minimum atomic E-state index is -4.18.